The second-order valence-electron chi connectivity index (χ2n) is 6.22. The molecule has 0 unspecified atom stereocenters. The summed E-state index contributed by atoms with van der Waals surface area (Å²) in [5.74, 6) is 0.276. The summed E-state index contributed by atoms with van der Waals surface area (Å²) in [4.78, 5) is 16.6. The van der Waals surface area contributed by atoms with Crippen LogP contribution >= 0.6 is 11.3 Å². The van der Waals surface area contributed by atoms with Crippen LogP contribution in [-0.2, 0) is 14.8 Å². The zero-order valence-electron chi connectivity index (χ0n) is 15.8. The van der Waals surface area contributed by atoms with Crippen LogP contribution < -0.4 is 10.1 Å². The van der Waals surface area contributed by atoms with Crippen molar-refractivity contribution in [2.45, 2.75) is 18.7 Å². The van der Waals surface area contributed by atoms with Crippen LogP contribution in [0.5, 0.6) is 5.75 Å². The Morgan fingerprint density at radius 3 is 2.61 bits per heavy atom. The minimum absolute atomic E-state index is 0.139. The molecule has 7 nitrogen and oxygen atoms in total. The summed E-state index contributed by atoms with van der Waals surface area (Å²) in [6.45, 7) is 3.99. The van der Waals surface area contributed by atoms with E-state index >= 15 is 0 Å². The fourth-order valence-electron chi connectivity index (χ4n) is 2.41. The van der Waals surface area contributed by atoms with Crippen molar-refractivity contribution in [2.75, 3.05) is 25.5 Å². The topological polar surface area (TPSA) is 88.6 Å². The number of benzene rings is 2. The third kappa shape index (κ3) is 4.49. The molecule has 148 valence electrons. The van der Waals surface area contributed by atoms with Gasteiger partial charge in [0.1, 0.15) is 5.75 Å². The van der Waals surface area contributed by atoms with Crippen LogP contribution in [0.2, 0.25) is 0 Å². The van der Waals surface area contributed by atoms with Crippen molar-refractivity contribution in [2.24, 2.45) is 0 Å². The first-order valence-electron chi connectivity index (χ1n) is 8.66. The number of fused-ring (bicyclic) bond motifs is 1. The number of hydrogen-bond donors (Lipinski definition) is 1. The number of rotatable bonds is 7. The van der Waals surface area contributed by atoms with Crippen LogP contribution in [0.15, 0.2) is 47.4 Å². The van der Waals surface area contributed by atoms with Gasteiger partial charge in [0.05, 0.1) is 15.1 Å². The molecule has 0 aliphatic rings. The molecular weight excluding hydrogens is 398 g/mol. The van der Waals surface area contributed by atoms with Gasteiger partial charge in [-0.15, -0.1) is 0 Å². The lowest BCUT2D eigenvalue weighted by Gasteiger charge is -2.14. The van der Waals surface area contributed by atoms with Crippen molar-refractivity contribution in [3.8, 4) is 5.75 Å². The highest BCUT2D eigenvalue weighted by atomic mass is 32.2. The number of carbonyl (C=O) groups is 1. The lowest BCUT2D eigenvalue weighted by Crippen LogP contribution is -2.26. The molecule has 28 heavy (non-hydrogen) atoms. The van der Waals surface area contributed by atoms with E-state index in [1.807, 2.05) is 19.1 Å². The van der Waals surface area contributed by atoms with Gasteiger partial charge >= 0.3 is 0 Å². The molecule has 0 saturated heterocycles. The molecule has 1 aromatic heterocycles. The molecule has 0 aliphatic heterocycles. The van der Waals surface area contributed by atoms with E-state index in [-0.39, 0.29) is 17.4 Å². The van der Waals surface area contributed by atoms with Crippen LogP contribution in [0.3, 0.4) is 0 Å². The first-order valence-corrected chi connectivity index (χ1v) is 10.9. The molecule has 3 aromatic rings. The lowest BCUT2D eigenvalue weighted by atomic mass is 10.2. The first kappa shape index (κ1) is 20.2. The fourth-order valence-corrected chi connectivity index (χ4v) is 4.61. The molecule has 0 radical (unpaired) electrons. The molecule has 0 aliphatic carbocycles. The molecule has 0 atom stereocenters. The number of aryl methyl sites for hydroxylation is 1. The lowest BCUT2D eigenvalue weighted by molar-refractivity contribution is -0.118. The van der Waals surface area contributed by atoms with Crippen molar-refractivity contribution in [3.63, 3.8) is 0 Å². The van der Waals surface area contributed by atoms with Crippen molar-refractivity contribution < 1.29 is 17.9 Å². The van der Waals surface area contributed by atoms with E-state index < -0.39 is 10.0 Å². The van der Waals surface area contributed by atoms with E-state index in [2.05, 4.69) is 10.3 Å². The molecule has 0 bridgehead atoms. The van der Waals surface area contributed by atoms with Gasteiger partial charge in [0.2, 0.25) is 10.0 Å². The van der Waals surface area contributed by atoms with Crippen LogP contribution in [0.25, 0.3) is 10.2 Å². The summed E-state index contributed by atoms with van der Waals surface area (Å²) >= 11 is 1.22. The van der Waals surface area contributed by atoms with E-state index in [0.717, 1.165) is 5.56 Å². The minimum atomic E-state index is -3.53. The number of amides is 1. The molecule has 9 heteroatoms. The van der Waals surface area contributed by atoms with Gasteiger partial charge in [-0.3, -0.25) is 10.1 Å². The minimum Gasteiger partial charge on any atom is -0.484 e. The van der Waals surface area contributed by atoms with Gasteiger partial charge in [0.15, 0.2) is 11.7 Å². The van der Waals surface area contributed by atoms with Gasteiger partial charge in [-0.25, -0.2) is 17.7 Å². The number of nitrogens with one attached hydrogen (secondary N) is 1. The zero-order chi connectivity index (χ0) is 20.3. The molecule has 0 fully saturated rings. The third-order valence-electron chi connectivity index (χ3n) is 4.15. The highest BCUT2D eigenvalue weighted by Gasteiger charge is 2.20. The molecule has 1 heterocycles. The predicted molar refractivity (Wildman–Crippen MR) is 110 cm³/mol. The van der Waals surface area contributed by atoms with Crippen molar-refractivity contribution in [3.05, 3.63) is 48.0 Å². The zero-order valence-corrected chi connectivity index (χ0v) is 17.4. The molecule has 3 rings (SSSR count). The number of nitrogens with zero attached hydrogens (tertiary/aromatic N) is 2. The van der Waals surface area contributed by atoms with Gasteiger partial charge in [-0.2, -0.15) is 0 Å². The highest BCUT2D eigenvalue weighted by Crippen LogP contribution is 2.29. The molecule has 0 spiro atoms. The maximum absolute atomic E-state index is 12.5. The Bertz CT molecular complexity index is 1090. The fraction of sp³-hybridized carbons (Fsp3) is 0.263. The molecule has 2 aromatic carbocycles. The summed E-state index contributed by atoms with van der Waals surface area (Å²) < 4.78 is 32.3. The Balaban J connectivity index is 1.70. The number of ether oxygens (including phenoxy) is 1. The summed E-state index contributed by atoms with van der Waals surface area (Å²) in [5.41, 5.74) is 1.73. The Labute approximate surface area is 168 Å². The smallest absolute Gasteiger partial charge is 0.264 e. The normalized spacial score (nSPS) is 11.7. The van der Waals surface area contributed by atoms with E-state index in [1.165, 1.54) is 28.8 Å². The van der Waals surface area contributed by atoms with Gasteiger partial charge < -0.3 is 4.74 Å². The molecular formula is C19H21N3O4S2. The van der Waals surface area contributed by atoms with Gasteiger partial charge in [-0.05, 0) is 37.3 Å². The highest BCUT2D eigenvalue weighted by molar-refractivity contribution is 7.89. The largest absolute Gasteiger partial charge is 0.484 e. The van der Waals surface area contributed by atoms with Crippen molar-refractivity contribution >= 4 is 42.6 Å². The monoisotopic (exact) mass is 419 g/mol. The first-order chi connectivity index (χ1) is 13.3. The number of anilines is 1. The van der Waals surface area contributed by atoms with E-state index in [0.29, 0.717) is 27.6 Å². The van der Waals surface area contributed by atoms with Crippen LogP contribution in [-0.4, -0.2) is 43.8 Å². The summed E-state index contributed by atoms with van der Waals surface area (Å²) in [7, 11) is -2.00. The van der Waals surface area contributed by atoms with Crippen LogP contribution in [0.4, 0.5) is 5.13 Å². The Morgan fingerprint density at radius 2 is 1.93 bits per heavy atom. The van der Waals surface area contributed by atoms with Crippen molar-refractivity contribution in [1.82, 2.24) is 9.29 Å². The summed E-state index contributed by atoms with van der Waals surface area (Å²) in [6, 6.07) is 12.2. The number of carbonyl (C=O) groups excluding carboxylic acids is 1. The number of thiazole rings is 1. The SMILES string of the molecule is CCN(C)S(=O)(=O)c1ccc2nc(NC(=O)COc3ccc(C)cc3)sc2c1. The van der Waals surface area contributed by atoms with E-state index in [1.54, 1.807) is 31.2 Å². The second-order valence-corrected chi connectivity index (χ2v) is 9.29. The quantitative estimate of drug-likeness (QED) is 0.635. The number of aromatic nitrogens is 1. The number of hydrogen-bond acceptors (Lipinski definition) is 6. The molecule has 1 N–H and O–H groups in total. The van der Waals surface area contributed by atoms with E-state index in [4.69, 9.17) is 4.74 Å². The summed E-state index contributed by atoms with van der Waals surface area (Å²) in [6.07, 6.45) is 0. The average Bonchev–Trinajstić information content (AvgIpc) is 3.08. The second kappa shape index (κ2) is 8.26. The molecule has 0 saturated carbocycles. The maximum Gasteiger partial charge on any atom is 0.264 e. The third-order valence-corrected chi connectivity index (χ3v) is 7.01. The number of sulfonamides is 1. The Kier molecular flexibility index (Phi) is 5.97. The van der Waals surface area contributed by atoms with Crippen molar-refractivity contribution in [1.29, 1.82) is 0 Å². The Hall–Kier alpha value is -2.49. The standard InChI is InChI=1S/C19H21N3O4S2/c1-4-22(3)28(24,25)15-9-10-16-17(11-15)27-19(20-16)21-18(23)12-26-14-7-5-13(2)6-8-14/h5-11H,4,12H2,1-3H3,(H,20,21,23). The summed E-state index contributed by atoms with van der Waals surface area (Å²) in [5, 5.41) is 3.08. The van der Waals surface area contributed by atoms with E-state index in [9.17, 15) is 13.2 Å². The van der Waals surface area contributed by atoms with Crippen LogP contribution in [0.1, 0.15) is 12.5 Å². The van der Waals surface area contributed by atoms with Gasteiger partial charge in [-0.1, -0.05) is 36.0 Å². The maximum atomic E-state index is 12.5. The van der Waals surface area contributed by atoms with Crippen LogP contribution in [0, 0.1) is 6.92 Å². The average molecular weight is 420 g/mol. The predicted octanol–water partition coefficient (Wildman–Crippen LogP) is 3.26. The van der Waals surface area contributed by atoms with Gasteiger partial charge in [0, 0.05) is 13.6 Å². The molecule has 1 amide bonds. The Morgan fingerprint density at radius 1 is 1.21 bits per heavy atom. The van der Waals surface area contributed by atoms with Gasteiger partial charge in [0.25, 0.3) is 5.91 Å².